The highest BCUT2D eigenvalue weighted by molar-refractivity contribution is 7.89. The zero-order chi connectivity index (χ0) is 21.8. The predicted octanol–water partition coefficient (Wildman–Crippen LogP) is 2.80. The molecule has 0 radical (unpaired) electrons. The van der Waals surface area contributed by atoms with Gasteiger partial charge in [0.2, 0.25) is 10.0 Å². The largest absolute Gasteiger partial charge is 0.345 e. The van der Waals surface area contributed by atoms with Gasteiger partial charge in [0.05, 0.1) is 20.7 Å². The average molecular weight is 460 g/mol. The Labute approximate surface area is 184 Å². The SMILES string of the molecule is N#Cc1cc(S(=O)(=O)NCCCN2CCN(c3nc4ccccc4s3)CC2)ccc1F. The summed E-state index contributed by atoms with van der Waals surface area (Å²) in [4.78, 5) is 9.22. The number of rotatable bonds is 7. The lowest BCUT2D eigenvalue weighted by atomic mass is 10.2. The summed E-state index contributed by atoms with van der Waals surface area (Å²) in [6, 6.07) is 13.0. The Morgan fingerprint density at radius 3 is 2.68 bits per heavy atom. The third-order valence-corrected chi connectivity index (χ3v) is 7.79. The van der Waals surface area contributed by atoms with Crippen LogP contribution in [-0.2, 0) is 10.0 Å². The second-order valence-corrected chi connectivity index (χ2v) is 10.1. The quantitative estimate of drug-likeness (QED) is 0.547. The van der Waals surface area contributed by atoms with Gasteiger partial charge in [-0.2, -0.15) is 5.26 Å². The Morgan fingerprint density at radius 1 is 1.16 bits per heavy atom. The van der Waals surface area contributed by atoms with Crippen LogP contribution in [0.25, 0.3) is 10.2 Å². The number of nitrogens with one attached hydrogen (secondary N) is 1. The maximum absolute atomic E-state index is 13.4. The molecule has 1 fully saturated rings. The summed E-state index contributed by atoms with van der Waals surface area (Å²) in [5, 5.41) is 9.92. The molecule has 1 aliphatic heterocycles. The van der Waals surface area contributed by atoms with E-state index < -0.39 is 15.8 Å². The Kier molecular flexibility index (Phi) is 6.48. The van der Waals surface area contributed by atoms with Crippen LogP contribution in [0.4, 0.5) is 9.52 Å². The average Bonchev–Trinajstić information content (AvgIpc) is 3.21. The standard InChI is InChI=1S/C21H22FN5O2S2/c22-18-7-6-17(14-16(18)15-23)31(28,29)24-8-3-9-26-10-12-27(13-11-26)21-25-19-4-1-2-5-20(19)30-21/h1-2,4-7,14,24H,3,8-13H2. The van der Waals surface area contributed by atoms with Crippen LogP contribution in [0, 0.1) is 17.1 Å². The van der Waals surface area contributed by atoms with Crippen LogP contribution >= 0.6 is 11.3 Å². The molecular formula is C21H22FN5O2S2. The van der Waals surface area contributed by atoms with E-state index in [2.05, 4.69) is 20.6 Å². The summed E-state index contributed by atoms with van der Waals surface area (Å²) in [5.74, 6) is -0.730. The minimum atomic E-state index is -3.77. The van der Waals surface area contributed by atoms with Crippen molar-refractivity contribution >= 4 is 36.7 Å². The highest BCUT2D eigenvalue weighted by atomic mass is 32.2. The molecule has 1 aromatic heterocycles. The molecular weight excluding hydrogens is 437 g/mol. The lowest BCUT2D eigenvalue weighted by molar-refractivity contribution is 0.255. The maximum atomic E-state index is 13.4. The van der Waals surface area contributed by atoms with E-state index in [1.807, 2.05) is 18.2 Å². The summed E-state index contributed by atoms with van der Waals surface area (Å²) >= 11 is 1.71. The predicted molar refractivity (Wildman–Crippen MR) is 119 cm³/mol. The van der Waals surface area contributed by atoms with Crippen molar-refractivity contribution < 1.29 is 12.8 Å². The smallest absolute Gasteiger partial charge is 0.240 e. The van der Waals surface area contributed by atoms with Crippen LogP contribution in [0.5, 0.6) is 0 Å². The van der Waals surface area contributed by atoms with E-state index in [-0.39, 0.29) is 17.0 Å². The molecule has 1 saturated heterocycles. The van der Waals surface area contributed by atoms with Crippen molar-refractivity contribution in [1.82, 2.24) is 14.6 Å². The highest BCUT2D eigenvalue weighted by Gasteiger charge is 2.20. The zero-order valence-corrected chi connectivity index (χ0v) is 18.4. The first kappa shape index (κ1) is 21.6. The van der Waals surface area contributed by atoms with Gasteiger partial charge in [0, 0.05) is 32.7 Å². The van der Waals surface area contributed by atoms with Gasteiger partial charge in [0.25, 0.3) is 0 Å². The second kappa shape index (κ2) is 9.28. The molecule has 0 aliphatic carbocycles. The van der Waals surface area contributed by atoms with Gasteiger partial charge in [-0.15, -0.1) is 0 Å². The molecule has 0 spiro atoms. The highest BCUT2D eigenvalue weighted by Crippen LogP contribution is 2.29. The number of aromatic nitrogens is 1. The number of sulfonamides is 1. The number of anilines is 1. The summed E-state index contributed by atoms with van der Waals surface area (Å²) in [7, 11) is -3.77. The first-order valence-electron chi connectivity index (χ1n) is 9.98. The van der Waals surface area contributed by atoms with Crippen molar-refractivity contribution in [1.29, 1.82) is 5.26 Å². The molecule has 2 aromatic carbocycles. The summed E-state index contributed by atoms with van der Waals surface area (Å²) in [6.07, 6.45) is 0.659. The summed E-state index contributed by atoms with van der Waals surface area (Å²) in [6.45, 7) is 4.62. The molecule has 3 aromatic rings. The van der Waals surface area contributed by atoms with Crippen molar-refractivity contribution in [3.8, 4) is 6.07 Å². The number of hydrogen-bond acceptors (Lipinski definition) is 7. The van der Waals surface area contributed by atoms with Gasteiger partial charge >= 0.3 is 0 Å². The number of nitriles is 1. The third-order valence-electron chi connectivity index (χ3n) is 5.24. The van der Waals surface area contributed by atoms with Gasteiger partial charge in [-0.3, -0.25) is 4.90 Å². The number of hydrogen-bond donors (Lipinski definition) is 1. The number of piperazine rings is 1. The molecule has 4 rings (SSSR count). The molecule has 1 N–H and O–H groups in total. The van der Waals surface area contributed by atoms with Crippen LogP contribution < -0.4 is 9.62 Å². The summed E-state index contributed by atoms with van der Waals surface area (Å²) in [5.41, 5.74) is 0.745. The molecule has 2 heterocycles. The van der Waals surface area contributed by atoms with E-state index in [9.17, 15) is 12.8 Å². The lowest BCUT2D eigenvalue weighted by Gasteiger charge is -2.34. The normalized spacial score (nSPS) is 15.3. The van der Waals surface area contributed by atoms with Crippen LogP contribution in [0.15, 0.2) is 47.4 Å². The number of benzene rings is 2. The molecule has 0 amide bonds. The third kappa shape index (κ3) is 5.02. The lowest BCUT2D eigenvalue weighted by Crippen LogP contribution is -2.47. The van der Waals surface area contributed by atoms with Crippen LogP contribution in [0.2, 0.25) is 0 Å². The summed E-state index contributed by atoms with van der Waals surface area (Å²) < 4.78 is 41.9. The monoisotopic (exact) mass is 459 g/mol. The minimum Gasteiger partial charge on any atom is -0.345 e. The van der Waals surface area contributed by atoms with E-state index in [1.165, 1.54) is 10.8 Å². The Balaban J connectivity index is 1.23. The van der Waals surface area contributed by atoms with Crippen molar-refractivity contribution in [3.05, 3.63) is 53.8 Å². The van der Waals surface area contributed by atoms with E-state index in [0.717, 1.165) is 55.5 Å². The molecule has 0 saturated carbocycles. The van der Waals surface area contributed by atoms with E-state index >= 15 is 0 Å². The van der Waals surface area contributed by atoms with Crippen molar-refractivity contribution in [2.75, 3.05) is 44.2 Å². The minimum absolute atomic E-state index is 0.102. The fraction of sp³-hybridized carbons (Fsp3) is 0.333. The zero-order valence-electron chi connectivity index (χ0n) is 16.8. The molecule has 162 valence electrons. The number of nitrogens with zero attached hydrogens (tertiary/aromatic N) is 4. The number of thiazole rings is 1. The molecule has 10 heteroatoms. The van der Waals surface area contributed by atoms with Gasteiger partial charge < -0.3 is 4.90 Å². The molecule has 1 aliphatic rings. The first-order chi connectivity index (χ1) is 15.0. The van der Waals surface area contributed by atoms with Crippen molar-refractivity contribution in [2.45, 2.75) is 11.3 Å². The van der Waals surface area contributed by atoms with E-state index in [0.29, 0.717) is 6.42 Å². The Hall–Kier alpha value is -2.58. The van der Waals surface area contributed by atoms with Gasteiger partial charge in [-0.25, -0.2) is 22.5 Å². The van der Waals surface area contributed by atoms with Crippen LogP contribution in [0.1, 0.15) is 12.0 Å². The van der Waals surface area contributed by atoms with Gasteiger partial charge in [-0.05, 0) is 43.3 Å². The number of para-hydroxylation sites is 1. The van der Waals surface area contributed by atoms with E-state index in [1.54, 1.807) is 17.4 Å². The number of halogens is 1. The van der Waals surface area contributed by atoms with Crippen molar-refractivity contribution in [3.63, 3.8) is 0 Å². The fourth-order valence-electron chi connectivity index (χ4n) is 3.51. The van der Waals surface area contributed by atoms with Crippen LogP contribution in [0.3, 0.4) is 0 Å². The van der Waals surface area contributed by atoms with E-state index in [4.69, 9.17) is 10.2 Å². The topological polar surface area (TPSA) is 89.3 Å². The maximum Gasteiger partial charge on any atom is 0.240 e. The Morgan fingerprint density at radius 2 is 1.94 bits per heavy atom. The van der Waals surface area contributed by atoms with Crippen molar-refractivity contribution in [2.24, 2.45) is 0 Å². The second-order valence-electron chi connectivity index (χ2n) is 7.30. The molecule has 31 heavy (non-hydrogen) atoms. The van der Waals surface area contributed by atoms with Crippen LogP contribution in [-0.4, -0.2) is 57.6 Å². The first-order valence-corrected chi connectivity index (χ1v) is 12.3. The molecule has 0 unspecified atom stereocenters. The van der Waals surface area contributed by atoms with Gasteiger partial charge in [0.1, 0.15) is 11.9 Å². The molecule has 0 bridgehead atoms. The fourth-order valence-corrected chi connectivity index (χ4v) is 5.62. The molecule has 0 atom stereocenters. The van der Waals surface area contributed by atoms with Gasteiger partial charge in [0.15, 0.2) is 5.13 Å². The van der Waals surface area contributed by atoms with Gasteiger partial charge in [-0.1, -0.05) is 23.5 Å². The number of fused-ring (bicyclic) bond motifs is 1. The Bertz CT molecular complexity index is 1180. The molecule has 7 nitrogen and oxygen atoms in total.